The molecule has 0 radical (unpaired) electrons. The van der Waals surface area contributed by atoms with Crippen LogP contribution in [0.3, 0.4) is 0 Å². The van der Waals surface area contributed by atoms with Crippen molar-refractivity contribution in [1.29, 1.82) is 0 Å². The summed E-state index contributed by atoms with van der Waals surface area (Å²) >= 11 is 0. The van der Waals surface area contributed by atoms with Crippen LogP contribution in [0, 0.1) is 0 Å². The first-order valence-corrected chi connectivity index (χ1v) is 14.9. The number of hydrogen-bond donors (Lipinski definition) is 0. The van der Waals surface area contributed by atoms with E-state index in [0.717, 1.165) is 71.3 Å². The molecule has 0 bridgehead atoms. The Morgan fingerprint density at radius 2 is 1.77 bits per heavy atom. The quantitative estimate of drug-likeness (QED) is 0.343. The summed E-state index contributed by atoms with van der Waals surface area (Å²) in [6.45, 7) is 8.20. The zero-order chi connectivity index (χ0) is 27.8. The average Bonchev–Trinajstić information content (AvgIpc) is 3.35. The molecular formula is C32H38N4O4. The number of nitrogens with zero attached hydrogens (tertiary/aromatic N) is 4. The normalized spacial score (nSPS) is 17.6. The monoisotopic (exact) mass is 542 g/mol. The van der Waals surface area contributed by atoms with Gasteiger partial charge in [-0.3, -0.25) is 9.59 Å². The Kier molecular flexibility index (Phi) is 7.45. The molecule has 0 saturated carbocycles. The highest BCUT2D eigenvalue weighted by atomic mass is 16.6. The minimum atomic E-state index is -0.295. The molecule has 0 N–H and O–H groups in total. The molecule has 1 amide bonds. The minimum absolute atomic E-state index is 0.108. The molecule has 3 aliphatic heterocycles. The summed E-state index contributed by atoms with van der Waals surface area (Å²) in [6.07, 6.45) is 7.06. The first-order chi connectivity index (χ1) is 19.4. The molecule has 1 aromatic carbocycles. The number of likely N-dealkylation sites (tertiary alicyclic amines) is 2. The van der Waals surface area contributed by atoms with Crippen molar-refractivity contribution in [2.45, 2.75) is 77.8 Å². The van der Waals surface area contributed by atoms with Crippen molar-refractivity contribution in [3.8, 4) is 17.1 Å². The Bertz CT molecular complexity index is 1510. The maximum atomic E-state index is 13.1. The lowest BCUT2D eigenvalue weighted by Gasteiger charge is -2.39. The maximum absolute atomic E-state index is 13.1. The lowest BCUT2D eigenvalue weighted by molar-refractivity contribution is -0.118. The highest BCUT2D eigenvalue weighted by Gasteiger charge is 2.29. The topological polar surface area (TPSA) is 84.7 Å². The fraction of sp³-hybridized carbons (Fsp3) is 0.500. The molecule has 210 valence electrons. The molecule has 40 heavy (non-hydrogen) atoms. The van der Waals surface area contributed by atoms with Gasteiger partial charge in [0.2, 0.25) is 0 Å². The highest BCUT2D eigenvalue weighted by Crippen LogP contribution is 2.37. The fourth-order valence-corrected chi connectivity index (χ4v) is 6.68. The summed E-state index contributed by atoms with van der Waals surface area (Å²) in [7, 11) is 0. The zero-order valence-corrected chi connectivity index (χ0v) is 23.6. The number of aryl methyl sites for hydroxylation is 1. The van der Waals surface area contributed by atoms with Crippen molar-refractivity contribution < 1.29 is 14.3 Å². The van der Waals surface area contributed by atoms with Crippen molar-refractivity contribution >= 4 is 22.8 Å². The van der Waals surface area contributed by atoms with E-state index in [2.05, 4.69) is 11.8 Å². The first-order valence-electron chi connectivity index (χ1n) is 14.9. The van der Waals surface area contributed by atoms with Crippen LogP contribution in [0.15, 0.2) is 35.1 Å². The van der Waals surface area contributed by atoms with E-state index >= 15 is 0 Å². The second-order valence-corrected chi connectivity index (χ2v) is 11.4. The Morgan fingerprint density at radius 3 is 2.50 bits per heavy atom. The summed E-state index contributed by atoms with van der Waals surface area (Å²) in [5, 5.41) is 0.942. The van der Waals surface area contributed by atoms with Crippen LogP contribution in [-0.4, -0.2) is 63.4 Å². The van der Waals surface area contributed by atoms with E-state index in [-0.39, 0.29) is 23.9 Å². The molecule has 0 aliphatic carbocycles. The number of hydrogen-bond acceptors (Lipinski definition) is 6. The van der Waals surface area contributed by atoms with Gasteiger partial charge in [0, 0.05) is 49.0 Å². The van der Waals surface area contributed by atoms with E-state index in [1.54, 1.807) is 16.7 Å². The summed E-state index contributed by atoms with van der Waals surface area (Å²) in [5.41, 5.74) is 5.12. The van der Waals surface area contributed by atoms with Crippen LogP contribution >= 0.6 is 0 Å². The smallest absolute Gasteiger partial charge is 0.410 e. The molecule has 8 heteroatoms. The van der Waals surface area contributed by atoms with E-state index in [4.69, 9.17) is 9.72 Å². The second-order valence-electron chi connectivity index (χ2n) is 11.4. The molecule has 0 atom stereocenters. The second kappa shape index (κ2) is 11.2. The number of rotatable bonds is 6. The van der Waals surface area contributed by atoms with Crippen molar-refractivity contribution in [3.63, 3.8) is 0 Å². The third kappa shape index (κ3) is 5.05. The standard InChI is InChI=1S/C32H38N4O4/c1-3-23(37)16-21-17-29-31-27(20-36(29)30(38)18-21)25(4-2)26-19-24(8-9-28(26)33-31)40-32(39)35-14-10-22(11-15-35)34-12-6-5-7-13-34/h8-9,17-19,22H,3-7,10-16,20H2,1-2H3. The van der Waals surface area contributed by atoms with Crippen molar-refractivity contribution in [1.82, 2.24) is 19.4 Å². The summed E-state index contributed by atoms with van der Waals surface area (Å²) < 4.78 is 7.60. The predicted molar refractivity (Wildman–Crippen MR) is 155 cm³/mol. The number of pyridine rings is 2. The van der Waals surface area contributed by atoms with Crippen LogP contribution in [0.2, 0.25) is 0 Å². The lowest BCUT2D eigenvalue weighted by Crippen LogP contribution is -2.48. The molecule has 5 heterocycles. The summed E-state index contributed by atoms with van der Waals surface area (Å²) in [5.74, 6) is 0.622. The SMILES string of the molecule is CCC(=O)Cc1cc2n(c(=O)c1)Cc1c-2nc2ccc(OC(=O)N3CCC(N4CCCCC4)CC3)cc2c1CC. The van der Waals surface area contributed by atoms with Gasteiger partial charge < -0.3 is 19.1 Å². The average molecular weight is 543 g/mol. The Morgan fingerprint density at radius 1 is 1.00 bits per heavy atom. The zero-order valence-electron chi connectivity index (χ0n) is 23.6. The van der Waals surface area contributed by atoms with Crippen LogP contribution in [0.1, 0.15) is 69.1 Å². The Labute approximate surface area is 234 Å². The van der Waals surface area contributed by atoms with Gasteiger partial charge in [-0.2, -0.15) is 0 Å². The molecule has 2 aromatic heterocycles. The van der Waals surface area contributed by atoms with E-state index in [1.807, 2.05) is 30.0 Å². The number of aromatic nitrogens is 2. The predicted octanol–water partition coefficient (Wildman–Crippen LogP) is 4.96. The number of carbonyl (C=O) groups excluding carboxylic acids is 2. The van der Waals surface area contributed by atoms with Gasteiger partial charge in [-0.1, -0.05) is 20.3 Å². The van der Waals surface area contributed by atoms with Gasteiger partial charge in [0.15, 0.2) is 0 Å². The van der Waals surface area contributed by atoms with Gasteiger partial charge in [-0.25, -0.2) is 9.78 Å². The third-order valence-electron chi connectivity index (χ3n) is 8.91. The summed E-state index contributed by atoms with van der Waals surface area (Å²) in [6, 6.07) is 9.69. The van der Waals surface area contributed by atoms with Crippen molar-refractivity contribution in [2.24, 2.45) is 0 Å². The highest BCUT2D eigenvalue weighted by molar-refractivity contribution is 5.90. The first kappa shape index (κ1) is 26.7. The molecule has 2 saturated heterocycles. The number of piperidine rings is 2. The van der Waals surface area contributed by atoms with Crippen LogP contribution in [-0.2, 0) is 24.2 Å². The van der Waals surface area contributed by atoms with Crippen molar-refractivity contribution in [3.05, 3.63) is 57.4 Å². The molecule has 0 unspecified atom stereocenters. The summed E-state index contributed by atoms with van der Waals surface area (Å²) in [4.78, 5) is 47.4. The number of Topliss-reactive ketones (excluding diaryl/α,β-unsaturated/α-hetero) is 1. The van der Waals surface area contributed by atoms with E-state index in [1.165, 1.54) is 32.4 Å². The Hall–Kier alpha value is -3.52. The largest absolute Gasteiger partial charge is 0.415 e. The van der Waals surface area contributed by atoms with Gasteiger partial charge >= 0.3 is 6.09 Å². The van der Waals surface area contributed by atoms with Crippen LogP contribution < -0.4 is 10.3 Å². The van der Waals surface area contributed by atoms with Gasteiger partial charge in [0.05, 0.1) is 23.4 Å². The van der Waals surface area contributed by atoms with Gasteiger partial charge in [-0.05, 0) is 80.6 Å². The maximum Gasteiger partial charge on any atom is 0.415 e. The number of ketones is 1. The van der Waals surface area contributed by atoms with E-state index in [0.29, 0.717) is 24.8 Å². The van der Waals surface area contributed by atoms with Crippen LogP contribution in [0.4, 0.5) is 4.79 Å². The molecule has 3 aliphatic rings. The van der Waals surface area contributed by atoms with Gasteiger partial charge in [0.1, 0.15) is 11.5 Å². The Balaban J connectivity index is 1.22. The molecule has 6 rings (SSSR count). The van der Waals surface area contributed by atoms with Gasteiger partial charge in [-0.15, -0.1) is 0 Å². The van der Waals surface area contributed by atoms with Crippen molar-refractivity contribution in [2.75, 3.05) is 26.2 Å². The van der Waals surface area contributed by atoms with E-state index < -0.39 is 0 Å². The lowest BCUT2D eigenvalue weighted by atomic mass is 9.98. The third-order valence-corrected chi connectivity index (χ3v) is 8.91. The number of carbonyl (C=O) groups is 2. The number of ether oxygens (including phenoxy) is 1. The molecule has 8 nitrogen and oxygen atoms in total. The number of benzene rings is 1. The number of amides is 1. The molecule has 3 aromatic rings. The van der Waals surface area contributed by atoms with Crippen LogP contribution in [0.5, 0.6) is 5.75 Å². The number of fused-ring (bicyclic) bond motifs is 4. The van der Waals surface area contributed by atoms with E-state index in [9.17, 15) is 14.4 Å². The van der Waals surface area contributed by atoms with Crippen LogP contribution in [0.25, 0.3) is 22.3 Å². The molecular weight excluding hydrogens is 504 g/mol. The molecule has 2 fully saturated rings. The fourth-order valence-electron chi connectivity index (χ4n) is 6.68. The molecule has 0 spiro atoms. The van der Waals surface area contributed by atoms with Gasteiger partial charge in [0.25, 0.3) is 5.56 Å². The minimum Gasteiger partial charge on any atom is -0.410 e.